The number of benzene rings is 2. The lowest BCUT2D eigenvalue weighted by Crippen LogP contribution is -2.32. The molecule has 0 heterocycles. The minimum absolute atomic E-state index is 0.0419. The highest BCUT2D eigenvalue weighted by atomic mass is 16.6. The minimum Gasteiger partial charge on any atom is -0.496 e. The molecule has 0 radical (unpaired) electrons. The average Bonchev–Trinajstić information content (AvgIpc) is 2.70. The van der Waals surface area contributed by atoms with E-state index in [2.05, 4.69) is 26.1 Å². The molecule has 0 aliphatic heterocycles. The molecular weight excluding hydrogens is 370 g/mol. The van der Waals surface area contributed by atoms with Gasteiger partial charge in [0.15, 0.2) is 12.7 Å². The number of esters is 1. The Balaban J connectivity index is 1.78. The van der Waals surface area contributed by atoms with Crippen LogP contribution in [0.4, 0.5) is 0 Å². The van der Waals surface area contributed by atoms with E-state index in [0.29, 0.717) is 11.5 Å². The maximum absolute atomic E-state index is 12.1. The van der Waals surface area contributed by atoms with Crippen molar-refractivity contribution < 1.29 is 23.8 Å². The topological polar surface area (TPSA) is 73.9 Å². The number of amides is 1. The van der Waals surface area contributed by atoms with Gasteiger partial charge in [0.2, 0.25) is 0 Å². The van der Waals surface area contributed by atoms with Crippen LogP contribution in [0.1, 0.15) is 38.8 Å². The molecule has 156 valence electrons. The van der Waals surface area contributed by atoms with Gasteiger partial charge in [-0.1, -0.05) is 51.1 Å². The summed E-state index contributed by atoms with van der Waals surface area (Å²) in [5, 5.41) is 2.70. The van der Waals surface area contributed by atoms with Gasteiger partial charge in [-0.25, -0.2) is 4.79 Å². The van der Waals surface area contributed by atoms with Gasteiger partial charge in [0.05, 0.1) is 7.11 Å². The quantitative estimate of drug-likeness (QED) is 0.687. The van der Waals surface area contributed by atoms with Crippen molar-refractivity contribution in [2.75, 3.05) is 13.7 Å². The predicted molar refractivity (Wildman–Crippen MR) is 111 cm³/mol. The predicted octanol–water partition coefficient (Wildman–Crippen LogP) is 3.62. The van der Waals surface area contributed by atoms with Crippen LogP contribution in [0.5, 0.6) is 11.5 Å². The van der Waals surface area contributed by atoms with Crippen molar-refractivity contribution in [3.8, 4) is 11.5 Å². The molecule has 0 bridgehead atoms. The molecule has 2 aromatic rings. The summed E-state index contributed by atoms with van der Waals surface area (Å²) in [6.45, 7) is 7.88. The molecule has 0 unspecified atom stereocenters. The number of nitrogens with one attached hydrogen (secondary N) is 1. The largest absolute Gasteiger partial charge is 0.496 e. The van der Waals surface area contributed by atoms with Crippen LogP contribution >= 0.6 is 0 Å². The average molecular weight is 399 g/mol. The van der Waals surface area contributed by atoms with Gasteiger partial charge in [-0.15, -0.1) is 0 Å². The second-order valence-corrected chi connectivity index (χ2v) is 7.73. The summed E-state index contributed by atoms with van der Waals surface area (Å²) in [6, 6.07) is 15.0. The Morgan fingerprint density at radius 1 is 1.03 bits per heavy atom. The SMILES string of the molecule is COc1ccccc1CNC(=O)COC(=O)[C@H](C)Oc1ccc(C(C)(C)C)cc1. The summed E-state index contributed by atoms with van der Waals surface area (Å²) in [5.41, 5.74) is 2.05. The summed E-state index contributed by atoms with van der Waals surface area (Å²) in [4.78, 5) is 24.1. The first-order valence-corrected chi connectivity index (χ1v) is 9.53. The van der Waals surface area contributed by atoms with Crippen molar-refractivity contribution in [1.82, 2.24) is 5.32 Å². The molecule has 0 fully saturated rings. The van der Waals surface area contributed by atoms with Crippen LogP contribution in [0, 0.1) is 0 Å². The third-order valence-electron chi connectivity index (χ3n) is 4.38. The smallest absolute Gasteiger partial charge is 0.347 e. The third-order valence-corrected chi connectivity index (χ3v) is 4.38. The van der Waals surface area contributed by atoms with Crippen LogP contribution in [-0.4, -0.2) is 31.7 Å². The number of ether oxygens (including phenoxy) is 3. The number of hydrogen-bond donors (Lipinski definition) is 1. The van der Waals surface area contributed by atoms with E-state index in [9.17, 15) is 9.59 Å². The Morgan fingerprint density at radius 3 is 2.31 bits per heavy atom. The molecule has 1 atom stereocenters. The Kier molecular flexibility index (Phi) is 7.65. The molecule has 2 aromatic carbocycles. The molecule has 6 heteroatoms. The Morgan fingerprint density at radius 2 is 1.69 bits per heavy atom. The highest BCUT2D eigenvalue weighted by molar-refractivity contribution is 5.82. The monoisotopic (exact) mass is 399 g/mol. The van der Waals surface area contributed by atoms with E-state index >= 15 is 0 Å². The normalized spacial score (nSPS) is 12.0. The van der Waals surface area contributed by atoms with Gasteiger partial charge in [-0.2, -0.15) is 0 Å². The van der Waals surface area contributed by atoms with E-state index in [1.165, 1.54) is 5.56 Å². The molecule has 6 nitrogen and oxygen atoms in total. The van der Waals surface area contributed by atoms with Gasteiger partial charge in [0.25, 0.3) is 5.91 Å². The molecule has 0 aliphatic rings. The number of hydrogen-bond acceptors (Lipinski definition) is 5. The molecule has 29 heavy (non-hydrogen) atoms. The summed E-state index contributed by atoms with van der Waals surface area (Å²) < 4.78 is 15.9. The van der Waals surface area contributed by atoms with E-state index in [4.69, 9.17) is 14.2 Å². The summed E-state index contributed by atoms with van der Waals surface area (Å²) in [7, 11) is 1.57. The van der Waals surface area contributed by atoms with Crippen molar-refractivity contribution in [1.29, 1.82) is 0 Å². The first-order valence-electron chi connectivity index (χ1n) is 9.53. The Bertz CT molecular complexity index is 824. The fourth-order valence-electron chi connectivity index (χ4n) is 2.63. The number of methoxy groups -OCH3 is 1. The molecule has 0 aromatic heterocycles. The number of carbonyl (C=O) groups is 2. The molecule has 0 saturated carbocycles. The fourth-order valence-corrected chi connectivity index (χ4v) is 2.63. The maximum Gasteiger partial charge on any atom is 0.347 e. The highest BCUT2D eigenvalue weighted by Crippen LogP contribution is 2.24. The van der Waals surface area contributed by atoms with Crippen LogP contribution in [0.3, 0.4) is 0 Å². The van der Waals surface area contributed by atoms with Crippen LogP contribution < -0.4 is 14.8 Å². The zero-order chi connectivity index (χ0) is 21.4. The van der Waals surface area contributed by atoms with Crippen molar-refractivity contribution >= 4 is 11.9 Å². The highest BCUT2D eigenvalue weighted by Gasteiger charge is 2.19. The number of para-hydroxylation sites is 1. The van der Waals surface area contributed by atoms with Crippen molar-refractivity contribution in [2.24, 2.45) is 0 Å². The third kappa shape index (κ3) is 6.82. The van der Waals surface area contributed by atoms with Gasteiger partial charge >= 0.3 is 5.97 Å². The van der Waals surface area contributed by atoms with Crippen molar-refractivity contribution in [3.05, 3.63) is 59.7 Å². The lowest BCUT2D eigenvalue weighted by molar-refractivity contribution is -0.154. The molecule has 2 rings (SSSR count). The maximum atomic E-state index is 12.1. The molecule has 0 spiro atoms. The van der Waals surface area contributed by atoms with E-state index < -0.39 is 18.0 Å². The summed E-state index contributed by atoms with van der Waals surface area (Å²) >= 11 is 0. The van der Waals surface area contributed by atoms with Gasteiger partial charge in [0.1, 0.15) is 11.5 Å². The van der Waals surface area contributed by atoms with E-state index in [1.807, 2.05) is 48.5 Å². The number of carbonyl (C=O) groups excluding carboxylic acids is 2. The molecular formula is C23H29NO5. The summed E-state index contributed by atoms with van der Waals surface area (Å²) in [6.07, 6.45) is -0.822. The van der Waals surface area contributed by atoms with Crippen LogP contribution in [-0.2, 0) is 26.3 Å². The van der Waals surface area contributed by atoms with Crippen molar-refractivity contribution in [2.45, 2.75) is 45.8 Å². The fraction of sp³-hybridized carbons (Fsp3) is 0.391. The van der Waals surface area contributed by atoms with Crippen LogP contribution in [0.15, 0.2) is 48.5 Å². The van der Waals surface area contributed by atoms with E-state index in [0.717, 1.165) is 5.56 Å². The van der Waals surface area contributed by atoms with Crippen LogP contribution in [0.2, 0.25) is 0 Å². The lowest BCUT2D eigenvalue weighted by Gasteiger charge is -2.20. The van der Waals surface area contributed by atoms with E-state index in [1.54, 1.807) is 14.0 Å². The summed E-state index contributed by atoms with van der Waals surface area (Å²) in [5.74, 6) is 0.260. The number of rotatable bonds is 8. The molecule has 1 amide bonds. The molecule has 0 saturated heterocycles. The van der Waals surface area contributed by atoms with Gasteiger partial charge in [-0.05, 0) is 36.1 Å². The molecule has 1 N–H and O–H groups in total. The molecule has 0 aliphatic carbocycles. The first-order chi connectivity index (χ1) is 13.7. The van der Waals surface area contributed by atoms with Gasteiger partial charge in [0, 0.05) is 12.1 Å². The standard InChI is InChI=1S/C23H29NO5/c1-16(29-19-12-10-18(11-13-19)23(2,3)4)22(26)28-15-21(25)24-14-17-8-6-7-9-20(17)27-5/h6-13,16H,14-15H2,1-5H3,(H,24,25)/t16-/m0/s1. The zero-order valence-electron chi connectivity index (χ0n) is 17.7. The zero-order valence-corrected chi connectivity index (χ0v) is 17.7. The Labute approximate surface area is 172 Å². The van der Waals surface area contributed by atoms with Crippen LogP contribution in [0.25, 0.3) is 0 Å². The van der Waals surface area contributed by atoms with Gasteiger partial charge < -0.3 is 19.5 Å². The second-order valence-electron chi connectivity index (χ2n) is 7.73. The van der Waals surface area contributed by atoms with Gasteiger partial charge in [-0.3, -0.25) is 4.79 Å². The first kappa shape index (κ1) is 22.3. The lowest BCUT2D eigenvalue weighted by atomic mass is 9.87. The second kappa shape index (κ2) is 9.96. The van der Waals surface area contributed by atoms with Crippen molar-refractivity contribution in [3.63, 3.8) is 0 Å². The Hall–Kier alpha value is -3.02. The van der Waals surface area contributed by atoms with E-state index in [-0.39, 0.29) is 18.6 Å². The minimum atomic E-state index is -0.822.